The van der Waals surface area contributed by atoms with E-state index in [1.54, 1.807) is 16.9 Å². The molecule has 0 spiro atoms. The molecule has 0 unspecified atom stereocenters. The minimum atomic E-state index is 0.516. The molecule has 2 heterocycles. The molecule has 0 radical (unpaired) electrons. The first-order chi connectivity index (χ1) is 8.72. The summed E-state index contributed by atoms with van der Waals surface area (Å²) in [4.78, 5) is 7.91. The van der Waals surface area contributed by atoms with Gasteiger partial charge >= 0.3 is 0 Å². The summed E-state index contributed by atoms with van der Waals surface area (Å²) in [6, 6.07) is 5.75. The van der Waals surface area contributed by atoms with E-state index >= 15 is 0 Å². The first kappa shape index (κ1) is 10.7. The Kier molecular flexibility index (Phi) is 2.44. The van der Waals surface area contributed by atoms with Gasteiger partial charge in [0, 0.05) is 30.9 Å². The number of nitrogens with zero attached hydrogens (tertiary/aromatic N) is 4. The van der Waals surface area contributed by atoms with Gasteiger partial charge < -0.3 is 4.74 Å². The van der Waals surface area contributed by atoms with Gasteiger partial charge in [-0.1, -0.05) is 0 Å². The molecule has 5 heteroatoms. The second-order valence-electron chi connectivity index (χ2n) is 4.15. The lowest BCUT2D eigenvalue weighted by atomic mass is 10.2. The summed E-state index contributed by atoms with van der Waals surface area (Å²) >= 11 is 0. The van der Waals surface area contributed by atoms with Crippen molar-refractivity contribution in [2.45, 2.75) is 6.92 Å². The van der Waals surface area contributed by atoms with Crippen LogP contribution in [0.5, 0.6) is 11.6 Å². The first-order valence-electron chi connectivity index (χ1n) is 5.60. The zero-order valence-corrected chi connectivity index (χ0v) is 10.2. The average Bonchev–Trinajstić information content (AvgIpc) is 2.71. The molecular weight excluding hydrogens is 228 g/mol. The molecule has 0 aliphatic rings. The molecule has 0 saturated carbocycles. The Bertz CT molecular complexity index is 691. The van der Waals surface area contributed by atoms with Crippen molar-refractivity contribution in [2.75, 3.05) is 0 Å². The molecule has 1 aromatic carbocycles. The summed E-state index contributed by atoms with van der Waals surface area (Å²) in [5, 5.41) is 5.46. The van der Waals surface area contributed by atoms with Gasteiger partial charge in [-0.15, -0.1) is 0 Å². The highest BCUT2D eigenvalue weighted by atomic mass is 16.5. The van der Waals surface area contributed by atoms with E-state index in [1.165, 1.54) is 6.33 Å². The van der Waals surface area contributed by atoms with Crippen LogP contribution in [0.4, 0.5) is 0 Å². The van der Waals surface area contributed by atoms with Crippen molar-refractivity contribution in [1.82, 2.24) is 19.7 Å². The zero-order chi connectivity index (χ0) is 12.5. The van der Waals surface area contributed by atoms with Gasteiger partial charge in [0.15, 0.2) is 5.75 Å². The first-order valence-corrected chi connectivity index (χ1v) is 5.60. The summed E-state index contributed by atoms with van der Waals surface area (Å²) < 4.78 is 7.53. The molecule has 0 aliphatic carbocycles. The number of rotatable bonds is 2. The van der Waals surface area contributed by atoms with E-state index in [0.29, 0.717) is 11.6 Å². The highest BCUT2D eigenvalue weighted by Gasteiger charge is 2.09. The number of ether oxygens (including phenoxy) is 1. The fraction of sp³-hybridized carbons (Fsp3) is 0.154. The van der Waals surface area contributed by atoms with Crippen molar-refractivity contribution in [2.24, 2.45) is 7.05 Å². The third-order valence-corrected chi connectivity index (χ3v) is 2.60. The fourth-order valence-corrected chi connectivity index (χ4v) is 1.90. The van der Waals surface area contributed by atoms with Gasteiger partial charge in [-0.05, 0) is 24.6 Å². The Morgan fingerprint density at radius 2 is 2.17 bits per heavy atom. The maximum atomic E-state index is 5.76. The van der Waals surface area contributed by atoms with Crippen LogP contribution >= 0.6 is 0 Å². The van der Waals surface area contributed by atoms with Crippen molar-refractivity contribution in [3.8, 4) is 11.6 Å². The lowest BCUT2D eigenvalue weighted by molar-refractivity contribution is 0.464. The predicted octanol–water partition coefficient (Wildman–Crippen LogP) is 2.46. The normalized spacial score (nSPS) is 10.8. The topological polar surface area (TPSA) is 52.8 Å². The minimum Gasteiger partial charge on any atom is -0.437 e. The van der Waals surface area contributed by atoms with E-state index in [1.807, 2.05) is 26.2 Å². The van der Waals surface area contributed by atoms with E-state index < -0.39 is 0 Å². The summed E-state index contributed by atoms with van der Waals surface area (Å²) in [7, 11) is 1.89. The summed E-state index contributed by atoms with van der Waals surface area (Å²) in [5.41, 5.74) is 1.96. The predicted molar refractivity (Wildman–Crippen MR) is 67.6 cm³/mol. The third-order valence-electron chi connectivity index (χ3n) is 2.60. The molecule has 90 valence electrons. The van der Waals surface area contributed by atoms with E-state index in [4.69, 9.17) is 4.74 Å². The second-order valence-corrected chi connectivity index (χ2v) is 4.15. The monoisotopic (exact) mass is 240 g/mol. The van der Waals surface area contributed by atoms with Crippen LogP contribution in [0.3, 0.4) is 0 Å². The van der Waals surface area contributed by atoms with Crippen LogP contribution in [0, 0.1) is 6.92 Å². The molecule has 0 aliphatic heterocycles. The van der Waals surface area contributed by atoms with Crippen molar-refractivity contribution in [1.29, 1.82) is 0 Å². The van der Waals surface area contributed by atoms with Gasteiger partial charge in [0.25, 0.3) is 0 Å². The molecule has 5 nitrogen and oxygen atoms in total. The minimum absolute atomic E-state index is 0.516. The molecule has 3 aromatic rings. The smallest absolute Gasteiger partial charge is 0.222 e. The van der Waals surface area contributed by atoms with Gasteiger partial charge in [-0.2, -0.15) is 5.10 Å². The van der Waals surface area contributed by atoms with Gasteiger partial charge in [0.1, 0.15) is 11.8 Å². The van der Waals surface area contributed by atoms with Crippen LogP contribution in [-0.4, -0.2) is 19.7 Å². The molecule has 0 amide bonds. The van der Waals surface area contributed by atoms with Crippen LogP contribution in [0.1, 0.15) is 5.56 Å². The maximum Gasteiger partial charge on any atom is 0.222 e. The maximum absolute atomic E-state index is 5.76. The van der Waals surface area contributed by atoms with Crippen LogP contribution in [0.2, 0.25) is 0 Å². The van der Waals surface area contributed by atoms with Crippen LogP contribution < -0.4 is 4.74 Å². The van der Waals surface area contributed by atoms with Crippen molar-refractivity contribution in [3.05, 3.63) is 42.5 Å². The number of aromatic nitrogens is 4. The summed E-state index contributed by atoms with van der Waals surface area (Å²) in [6.07, 6.45) is 5.07. The standard InChI is InChI=1S/C13H12N4O/c1-9-5-10-7-17(2)16-13(10)11(6-9)18-12-3-4-14-8-15-12/h3-8H,1-2H3. The molecule has 0 saturated heterocycles. The third kappa shape index (κ3) is 1.90. The Morgan fingerprint density at radius 1 is 1.28 bits per heavy atom. The quantitative estimate of drug-likeness (QED) is 0.690. The molecule has 0 fully saturated rings. The Hall–Kier alpha value is -2.43. The molecule has 0 atom stereocenters. The Balaban J connectivity index is 2.10. The molecule has 0 bridgehead atoms. The summed E-state index contributed by atoms with van der Waals surface area (Å²) in [6.45, 7) is 2.03. The van der Waals surface area contributed by atoms with Crippen molar-refractivity contribution >= 4 is 10.9 Å². The second kappa shape index (κ2) is 4.10. The highest BCUT2D eigenvalue weighted by molar-refractivity contribution is 5.85. The number of fused-ring (bicyclic) bond motifs is 1. The van der Waals surface area contributed by atoms with E-state index in [0.717, 1.165) is 16.5 Å². The number of hydrogen-bond acceptors (Lipinski definition) is 4. The number of aryl methyl sites for hydroxylation is 2. The molecule has 0 N–H and O–H groups in total. The fourth-order valence-electron chi connectivity index (χ4n) is 1.90. The van der Waals surface area contributed by atoms with Crippen LogP contribution in [0.15, 0.2) is 36.9 Å². The number of benzene rings is 1. The number of hydrogen-bond donors (Lipinski definition) is 0. The van der Waals surface area contributed by atoms with Crippen molar-refractivity contribution < 1.29 is 4.74 Å². The van der Waals surface area contributed by atoms with Gasteiger partial charge in [0.05, 0.1) is 0 Å². The van der Waals surface area contributed by atoms with E-state index in [9.17, 15) is 0 Å². The van der Waals surface area contributed by atoms with Gasteiger partial charge in [-0.3, -0.25) is 4.68 Å². The van der Waals surface area contributed by atoms with Crippen molar-refractivity contribution in [3.63, 3.8) is 0 Å². The molecule has 3 rings (SSSR count). The van der Waals surface area contributed by atoms with E-state index in [-0.39, 0.29) is 0 Å². The summed E-state index contributed by atoms with van der Waals surface area (Å²) in [5.74, 6) is 1.23. The largest absolute Gasteiger partial charge is 0.437 e. The average molecular weight is 240 g/mol. The van der Waals surface area contributed by atoms with E-state index in [2.05, 4.69) is 21.1 Å². The SMILES string of the molecule is Cc1cc(Oc2ccncn2)c2nn(C)cc2c1. The lowest BCUT2D eigenvalue weighted by Crippen LogP contribution is -1.91. The molecule has 2 aromatic heterocycles. The highest BCUT2D eigenvalue weighted by Crippen LogP contribution is 2.29. The zero-order valence-electron chi connectivity index (χ0n) is 10.2. The molecular formula is C13H12N4O. The van der Waals surface area contributed by atoms with Gasteiger partial charge in [0.2, 0.25) is 5.88 Å². The lowest BCUT2D eigenvalue weighted by Gasteiger charge is -2.05. The van der Waals surface area contributed by atoms with Crippen LogP contribution in [-0.2, 0) is 7.05 Å². The van der Waals surface area contributed by atoms with Crippen LogP contribution in [0.25, 0.3) is 10.9 Å². The Labute approximate surface area is 104 Å². The van der Waals surface area contributed by atoms with Gasteiger partial charge in [-0.25, -0.2) is 9.97 Å². The molecule has 18 heavy (non-hydrogen) atoms. The Morgan fingerprint density at radius 3 is 2.94 bits per heavy atom.